The molecule has 0 amide bonds. The van der Waals surface area contributed by atoms with Gasteiger partial charge < -0.3 is 20.1 Å². The van der Waals surface area contributed by atoms with Crippen molar-refractivity contribution in [3.8, 4) is 11.5 Å². The fourth-order valence-electron chi connectivity index (χ4n) is 1.44. The molecule has 0 aliphatic carbocycles. The lowest BCUT2D eigenvalue weighted by Crippen LogP contribution is -2.35. The molecule has 0 saturated carbocycles. The highest BCUT2D eigenvalue weighted by molar-refractivity contribution is 5.41. The van der Waals surface area contributed by atoms with E-state index in [0.717, 1.165) is 18.7 Å². The fraction of sp³-hybridized carbons (Fsp3) is 0.538. The number of nitrogens with zero attached hydrogens (tertiary/aromatic N) is 1. The average Bonchev–Trinajstić information content (AvgIpc) is 2.31. The number of benzene rings is 1. The van der Waals surface area contributed by atoms with Crippen LogP contribution in [-0.4, -0.2) is 43.8 Å². The molecule has 4 nitrogen and oxygen atoms in total. The molecule has 0 radical (unpaired) electrons. The molecule has 96 valence electrons. The summed E-state index contributed by atoms with van der Waals surface area (Å²) in [6.45, 7) is 3.87. The Kier molecular flexibility index (Phi) is 5.25. The van der Waals surface area contributed by atoms with Crippen molar-refractivity contribution in [1.82, 2.24) is 10.2 Å². The van der Waals surface area contributed by atoms with Crippen LogP contribution in [0.1, 0.15) is 12.5 Å². The molecule has 17 heavy (non-hydrogen) atoms. The minimum absolute atomic E-state index is 0.179. The van der Waals surface area contributed by atoms with Gasteiger partial charge in [-0.1, -0.05) is 6.07 Å². The number of aromatic hydroxyl groups is 1. The zero-order chi connectivity index (χ0) is 12.8. The van der Waals surface area contributed by atoms with Crippen molar-refractivity contribution in [3.05, 3.63) is 23.8 Å². The number of nitrogens with one attached hydrogen (secondary N) is 1. The number of phenolic OH excluding ortho intramolecular Hbond substituents is 1. The van der Waals surface area contributed by atoms with Crippen LogP contribution in [0.4, 0.5) is 0 Å². The van der Waals surface area contributed by atoms with Gasteiger partial charge in [0.05, 0.1) is 7.11 Å². The number of phenols is 1. The average molecular weight is 238 g/mol. The van der Waals surface area contributed by atoms with Gasteiger partial charge in [-0.2, -0.15) is 0 Å². The second kappa shape index (κ2) is 6.47. The highest BCUT2D eigenvalue weighted by Crippen LogP contribution is 2.26. The second-order valence-corrected chi connectivity index (χ2v) is 4.45. The standard InChI is InChI=1S/C13H22N2O2/c1-10(15(2)3)8-14-9-11-5-6-12(16)13(7-11)17-4/h5-7,10,14,16H,8-9H2,1-4H3. The number of rotatable bonds is 6. The first kappa shape index (κ1) is 13.8. The van der Waals surface area contributed by atoms with E-state index in [1.165, 1.54) is 0 Å². The third-order valence-electron chi connectivity index (χ3n) is 2.89. The van der Waals surface area contributed by atoms with Gasteiger partial charge in [0.25, 0.3) is 0 Å². The number of hydrogen-bond acceptors (Lipinski definition) is 4. The lowest BCUT2D eigenvalue weighted by molar-refractivity contribution is 0.302. The van der Waals surface area contributed by atoms with Crippen molar-refractivity contribution in [2.75, 3.05) is 27.7 Å². The van der Waals surface area contributed by atoms with Crippen LogP contribution in [0.2, 0.25) is 0 Å². The zero-order valence-corrected chi connectivity index (χ0v) is 11.0. The van der Waals surface area contributed by atoms with Crippen molar-refractivity contribution >= 4 is 0 Å². The first-order chi connectivity index (χ1) is 8.04. The lowest BCUT2D eigenvalue weighted by atomic mass is 10.2. The molecule has 2 N–H and O–H groups in total. The van der Waals surface area contributed by atoms with Crippen LogP contribution in [0.3, 0.4) is 0 Å². The van der Waals surface area contributed by atoms with Gasteiger partial charge >= 0.3 is 0 Å². The Bertz CT molecular complexity index is 353. The highest BCUT2D eigenvalue weighted by atomic mass is 16.5. The van der Waals surface area contributed by atoms with Gasteiger partial charge in [-0.05, 0) is 38.7 Å². The molecule has 0 spiro atoms. The topological polar surface area (TPSA) is 44.7 Å². The van der Waals surface area contributed by atoms with Crippen molar-refractivity contribution in [2.24, 2.45) is 0 Å². The second-order valence-electron chi connectivity index (χ2n) is 4.45. The van der Waals surface area contributed by atoms with Crippen molar-refractivity contribution in [1.29, 1.82) is 0 Å². The molecule has 0 heterocycles. The third-order valence-corrected chi connectivity index (χ3v) is 2.89. The highest BCUT2D eigenvalue weighted by Gasteiger charge is 2.05. The summed E-state index contributed by atoms with van der Waals surface area (Å²) in [6.07, 6.45) is 0. The zero-order valence-electron chi connectivity index (χ0n) is 11.0. The first-order valence-electron chi connectivity index (χ1n) is 5.77. The van der Waals surface area contributed by atoms with E-state index in [4.69, 9.17) is 4.74 Å². The third kappa shape index (κ3) is 4.24. The van der Waals surface area contributed by atoms with Gasteiger partial charge in [-0.3, -0.25) is 0 Å². The Morgan fingerprint density at radius 1 is 1.41 bits per heavy atom. The molecule has 1 aromatic carbocycles. The number of likely N-dealkylation sites (N-methyl/N-ethyl adjacent to an activating group) is 1. The maximum Gasteiger partial charge on any atom is 0.160 e. The van der Waals surface area contributed by atoms with E-state index < -0.39 is 0 Å². The largest absolute Gasteiger partial charge is 0.504 e. The Morgan fingerprint density at radius 2 is 2.12 bits per heavy atom. The molecule has 0 aromatic heterocycles. The monoisotopic (exact) mass is 238 g/mol. The quantitative estimate of drug-likeness (QED) is 0.787. The van der Waals surface area contributed by atoms with Gasteiger partial charge in [-0.15, -0.1) is 0 Å². The molecule has 1 rings (SSSR count). The van der Waals surface area contributed by atoms with Crippen LogP contribution in [0.25, 0.3) is 0 Å². The summed E-state index contributed by atoms with van der Waals surface area (Å²) in [5.74, 6) is 0.697. The molecule has 1 atom stereocenters. The molecule has 4 heteroatoms. The van der Waals surface area contributed by atoms with Crippen molar-refractivity contribution in [3.63, 3.8) is 0 Å². The summed E-state index contributed by atoms with van der Waals surface area (Å²) < 4.78 is 5.07. The fourth-order valence-corrected chi connectivity index (χ4v) is 1.44. The number of methoxy groups -OCH3 is 1. The SMILES string of the molecule is COc1cc(CNCC(C)N(C)C)ccc1O. The summed E-state index contributed by atoms with van der Waals surface area (Å²) in [5, 5.41) is 12.8. The summed E-state index contributed by atoms with van der Waals surface area (Å²) in [6, 6.07) is 5.90. The normalized spacial score (nSPS) is 12.8. The van der Waals surface area contributed by atoms with Gasteiger partial charge in [0.15, 0.2) is 11.5 Å². The van der Waals surface area contributed by atoms with Gasteiger partial charge in [0.1, 0.15) is 0 Å². The number of ether oxygens (including phenoxy) is 1. The van der Waals surface area contributed by atoms with Crippen LogP contribution in [0.5, 0.6) is 11.5 Å². The van der Waals surface area contributed by atoms with Gasteiger partial charge in [-0.25, -0.2) is 0 Å². The van der Waals surface area contributed by atoms with Crippen LogP contribution in [0.15, 0.2) is 18.2 Å². The van der Waals surface area contributed by atoms with Crippen LogP contribution >= 0.6 is 0 Å². The van der Waals surface area contributed by atoms with E-state index in [9.17, 15) is 5.11 Å². The molecular formula is C13H22N2O2. The smallest absolute Gasteiger partial charge is 0.160 e. The molecular weight excluding hydrogens is 216 g/mol. The van der Waals surface area contributed by atoms with E-state index in [0.29, 0.717) is 11.8 Å². The van der Waals surface area contributed by atoms with Crippen LogP contribution < -0.4 is 10.1 Å². The predicted octanol–water partition coefficient (Wildman–Crippen LogP) is 1.44. The first-order valence-corrected chi connectivity index (χ1v) is 5.77. The lowest BCUT2D eigenvalue weighted by Gasteiger charge is -2.20. The molecule has 0 fully saturated rings. The maximum atomic E-state index is 9.47. The minimum Gasteiger partial charge on any atom is -0.504 e. The minimum atomic E-state index is 0.179. The Morgan fingerprint density at radius 3 is 2.71 bits per heavy atom. The predicted molar refractivity (Wildman–Crippen MR) is 69.5 cm³/mol. The summed E-state index contributed by atoms with van der Waals surface area (Å²) in [4.78, 5) is 2.17. The van der Waals surface area contributed by atoms with Crippen molar-refractivity contribution < 1.29 is 9.84 Å². The summed E-state index contributed by atoms with van der Waals surface area (Å²) in [5.41, 5.74) is 1.10. The molecule has 1 aromatic rings. The van der Waals surface area contributed by atoms with E-state index >= 15 is 0 Å². The van der Waals surface area contributed by atoms with Gasteiger partial charge in [0.2, 0.25) is 0 Å². The van der Waals surface area contributed by atoms with E-state index in [-0.39, 0.29) is 5.75 Å². The molecule has 0 aliphatic heterocycles. The molecule has 0 aliphatic rings. The maximum absolute atomic E-state index is 9.47. The van der Waals surface area contributed by atoms with Gasteiger partial charge in [0, 0.05) is 19.1 Å². The Hall–Kier alpha value is -1.26. The summed E-state index contributed by atoms with van der Waals surface area (Å²) in [7, 11) is 5.69. The Labute approximate surface area is 103 Å². The molecule has 1 unspecified atom stereocenters. The van der Waals surface area contributed by atoms with E-state index in [1.54, 1.807) is 13.2 Å². The number of hydrogen-bond donors (Lipinski definition) is 2. The van der Waals surface area contributed by atoms with Crippen LogP contribution in [0, 0.1) is 0 Å². The van der Waals surface area contributed by atoms with Crippen LogP contribution in [-0.2, 0) is 6.54 Å². The summed E-state index contributed by atoms with van der Waals surface area (Å²) >= 11 is 0. The Balaban J connectivity index is 2.47. The molecule has 0 saturated heterocycles. The van der Waals surface area contributed by atoms with Crippen molar-refractivity contribution in [2.45, 2.75) is 19.5 Å². The molecule has 0 bridgehead atoms. The van der Waals surface area contributed by atoms with E-state index in [1.807, 2.05) is 12.1 Å². The van der Waals surface area contributed by atoms with E-state index in [2.05, 4.69) is 31.2 Å².